The molecule has 6 heteroatoms. The molecule has 0 aromatic heterocycles. The van der Waals surface area contributed by atoms with Crippen molar-refractivity contribution in [2.45, 2.75) is 19.3 Å². The highest BCUT2D eigenvalue weighted by Gasteiger charge is 2.24. The molecule has 0 aliphatic carbocycles. The second-order valence-corrected chi connectivity index (χ2v) is 7.06. The van der Waals surface area contributed by atoms with E-state index < -0.39 is 0 Å². The Kier molecular flexibility index (Phi) is 5.77. The molecular formula is C20H21ClF2N2O. The zero-order chi connectivity index (χ0) is 18.7. The molecule has 1 aliphatic rings. The van der Waals surface area contributed by atoms with Crippen LogP contribution in [0.4, 0.5) is 14.5 Å². The van der Waals surface area contributed by atoms with E-state index in [9.17, 15) is 13.6 Å². The lowest BCUT2D eigenvalue weighted by Crippen LogP contribution is -2.49. The summed E-state index contributed by atoms with van der Waals surface area (Å²) in [5, 5.41) is 0.494. The first-order chi connectivity index (χ1) is 12.4. The van der Waals surface area contributed by atoms with Crippen molar-refractivity contribution in [2.75, 3.05) is 31.1 Å². The Morgan fingerprint density at radius 3 is 2.38 bits per heavy atom. The Morgan fingerprint density at radius 1 is 1.08 bits per heavy atom. The Hall–Kier alpha value is -2.14. The van der Waals surface area contributed by atoms with Crippen molar-refractivity contribution in [3.05, 3.63) is 64.7 Å². The molecular weight excluding hydrogens is 358 g/mol. The molecule has 2 aromatic carbocycles. The molecule has 2 aromatic rings. The Labute approximate surface area is 157 Å². The summed E-state index contributed by atoms with van der Waals surface area (Å²) >= 11 is 5.96. The summed E-state index contributed by atoms with van der Waals surface area (Å²) in [5.41, 5.74) is 1.42. The average Bonchev–Trinajstić information content (AvgIpc) is 2.64. The Bertz CT molecular complexity index is 774. The van der Waals surface area contributed by atoms with Crippen molar-refractivity contribution in [1.82, 2.24) is 4.90 Å². The van der Waals surface area contributed by atoms with E-state index in [4.69, 9.17) is 11.6 Å². The second kappa shape index (κ2) is 8.04. The smallest absolute Gasteiger partial charge is 0.223 e. The number of anilines is 1. The monoisotopic (exact) mass is 378 g/mol. The van der Waals surface area contributed by atoms with E-state index in [0.717, 1.165) is 5.56 Å². The Balaban J connectivity index is 1.56. The number of halogens is 3. The number of benzene rings is 2. The van der Waals surface area contributed by atoms with Gasteiger partial charge in [0.25, 0.3) is 0 Å². The zero-order valence-electron chi connectivity index (χ0n) is 14.6. The van der Waals surface area contributed by atoms with Gasteiger partial charge in [0.15, 0.2) is 0 Å². The first-order valence-electron chi connectivity index (χ1n) is 8.67. The van der Waals surface area contributed by atoms with Gasteiger partial charge in [-0.15, -0.1) is 0 Å². The van der Waals surface area contributed by atoms with Crippen LogP contribution in [0.2, 0.25) is 5.02 Å². The van der Waals surface area contributed by atoms with E-state index in [1.54, 1.807) is 23.1 Å². The van der Waals surface area contributed by atoms with E-state index in [0.29, 0.717) is 43.3 Å². The van der Waals surface area contributed by atoms with E-state index in [1.165, 1.54) is 24.3 Å². The summed E-state index contributed by atoms with van der Waals surface area (Å²) in [5.74, 6) is -0.504. The molecule has 1 aliphatic heterocycles. The lowest BCUT2D eigenvalue weighted by atomic mass is 9.97. The molecule has 1 heterocycles. The van der Waals surface area contributed by atoms with E-state index in [1.807, 2.05) is 11.8 Å². The zero-order valence-corrected chi connectivity index (χ0v) is 15.3. The predicted octanol–water partition coefficient (Wildman–Crippen LogP) is 4.46. The van der Waals surface area contributed by atoms with Gasteiger partial charge in [0.05, 0.1) is 5.69 Å². The number of amides is 1. The molecule has 0 bridgehead atoms. The topological polar surface area (TPSA) is 23.6 Å². The Morgan fingerprint density at radius 2 is 1.73 bits per heavy atom. The van der Waals surface area contributed by atoms with Crippen molar-refractivity contribution in [3.63, 3.8) is 0 Å². The molecule has 0 unspecified atom stereocenters. The van der Waals surface area contributed by atoms with Crippen molar-refractivity contribution < 1.29 is 13.6 Å². The van der Waals surface area contributed by atoms with Crippen molar-refractivity contribution in [3.8, 4) is 0 Å². The summed E-state index contributed by atoms with van der Waals surface area (Å²) in [6, 6.07) is 10.8. The molecule has 138 valence electrons. The van der Waals surface area contributed by atoms with Crippen molar-refractivity contribution in [1.29, 1.82) is 0 Å². The molecule has 26 heavy (non-hydrogen) atoms. The number of carbonyl (C=O) groups excluding carboxylic acids is 1. The van der Waals surface area contributed by atoms with Crippen LogP contribution < -0.4 is 4.90 Å². The fraction of sp³-hybridized carbons (Fsp3) is 0.350. The van der Waals surface area contributed by atoms with Crippen LogP contribution in [0, 0.1) is 11.6 Å². The van der Waals surface area contributed by atoms with E-state index in [2.05, 4.69) is 0 Å². The molecule has 3 nitrogen and oxygen atoms in total. The van der Waals surface area contributed by atoms with Gasteiger partial charge in [-0.3, -0.25) is 4.79 Å². The quantitative estimate of drug-likeness (QED) is 0.784. The first-order valence-corrected chi connectivity index (χ1v) is 9.05. The third-order valence-electron chi connectivity index (χ3n) is 4.80. The number of hydrogen-bond donors (Lipinski definition) is 0. The third kappa shape index (κ3) is 4.33. The van der Waals surface area contributed by atoms with Crippen molar-refractivity contribution >= 4 is 23.2 Å². The second-order valence-electron chi connectivity index (χ2n) is 6.62. The normalized spacial score (nSPS) is 15.8. The van der Waals surface area contributed by atoms with Crippen LogP contribution in [0.15, 0.2) is 42.5 Å². The van der Waals surface area contributed by atoms with Gasteiger partial charge < -0.3 is 9.80 Å². The van der Waals surface area contributed by atoms with Gasteiger partial charge in [-0.1, -0.05) is 30.7 Å². The molecule has 1 atom stereocenters. The minimum atomic E-state index is -0.306. The summed E-state index contributed by atoms with van der Waals surface area (Å²) in [7, 11) is 0. The van der Waals surface area contributed by atoms with E-state index in [-0.39, 0.29) is 23.5 Å². The van der Waals surface area contributed by atoms with E-state index >= 15 is 0 Å². The van der Waals surface area contributed by atoms with Gasteiger partial charge in [0, 0.05) is 37.6 Å². The SMILES string of the molecule is C[C@H](CC(=O)N1CCN(c2cc(Cl)ccc2F)CC1)c1ccc(F)cc1. The number of carbonyl (C=O) groups is 1. The van der Waals surface area contributed by atoms with Gasteiger partial charge in [-0.2, -0.15) is 0 Å². The minimum absolute atomic E-state index is 0.0199. The summed E-state index contributed by atoms with van der Waals surface area (Å²) in [6.07, 6.45) is 0.372. The lowest BCUT2D eigenvalue weighted by Gasteiger charge is -2.36. The number of hydrogen-bond acceptors (Lipinski definition) is 2. The van der Waals surface area contributed by atoms with Crippen LogP contribution in [0.25, 0.3) is 0 Å². The summed E-state index contributed by atoms with van der Waals surface area (Å²) < 4.78 is 27.0. The molecule has 3 rings (SSSR count). The molecule has 1 fully saturated rings. The molecule has 0 radical (unpaired) electrons. The lowest BCUT2D eigenvalue weighted by molar-refractivity contribution is -0.131. The molecule has 0 N–H and O–H groups in total. The molecule has 1 amide bonds. The van der Waals surface area contributed by atoms with Gasteiger partial charge in [-0.25, -0.2) is 8.78 Å². The standard InChI is InChI=1S/C20H21ClF2N2O/c1-14(15-2-5-17(22)6-3-15)12-20(26)25-10-8-24(9-11-25)19-13-16(21)4-7-18(19)23/h2-7,13-14H,8-12H2,1H3/t14-/m1/s1. The highest BCUT2D eigenvalue weighted by Crippen LogP contribution is 2.25. The van der Waals surface area contributed by atoms with Crippen molar-refractivity contribution in [2.24, 2.45) is 0 Å². The summed E-state index contributed by atoms with van der Waals surface area (Å²) in [4.78, 5) is 16.3. The largest absolute Gasteiger partial charge is 0.366 e. The van der Waals surface area contributed by atoms with Crippen LogP contribution in [0.3, 0.4) is 0 Å². The minimum Gasteiger partial charge on any atom is -0.366 e. The van der Waals surface area contributed by atoms with Crippen LogP contribution >= 0.6 is 11.6 Å². The maximum Gasteiger partial charge on any atom is 0.223 e. The number of piperazine rings is 1. The maximum atomic E-state index is 14.0. The van der Waals surface area contributed by atoms with Crippen LogP contribution in [-0.2, 0) is 4.79 Å². The molecule has 0 spiro atoms. The van der Waals surface area contributed by atoms with Crippen LogP contribution in [0.1, 0.15) is 24.8 Å². The predicted molar refractivity (Wildman–Crippen MR) is 99.6 cm³/mol. The molecule has 0 saturated carbocycles. The number of rotatable bonds is 4. The maximum absolute atomic E-state index is 14.0. The fourth-order valence-corrected chi connectivity index (χ4v) is 3.39. The van der Waals surface area contributed by atoms with Gasteiger partial charge in [0.2, 0.25) is 5.91 Å². The first kappa shape index (κ1) is 18.6. The fourth-order valence-electron chi connectivity index (χ4n) is 3.23. The molecule has 1 saturated heterocycles. The van der Waals surface area contributed by atoms with Crippen LogP contribution in [0.5, 0.6) is 0 Å². The van der Waals surface area contributed by atoms with Gasteiger partial charge >= 0.3 is 0 Å². The number of nitrogens with zero attached hydrogens (tertiary/aromatic N) is 2. The average molecular weight is 379 g/mol. The highest BCUT2D eigenvalue weighted by molar-refractivity contribution is 6.30. The van der Waals surface area contributed by atoms with Gasteiger partial charge in [0.1, 0.15) is 11.6 Å². The van der Waals surface area contributed by atoms with Gasteiger partial charge in [-0.05, 0) is 41.8 Å². The third-order valence-corrected chi connectivity index (χ3v) is 5.04. The van der Waals surface area contributed by atoms with Crippen LogP contribution in [-0.4, -0.2) is 37.0 Å². The highest BCUT2D eigenvalue weighted by atomic mass is 35.5. The summed E-state index contributed by atoms with van der Waals surface area (Å²) in [6.45, 7) is 4.17.